The fourth-order valence-corrected chi connectivity index (χ4v) is 2.39. The molecule has 1 fully saturated rings. The van der Waals surface area contributed by atoms with Gasteiger partial charge in [0.05, 0.1) is 12.8 Å². The maximum Gasteiger partial charge on any atom is 0.271 e. The second-order valence-electron chi connectivity index (χ2n) is 5.43. The highest BCUT2D eigenvalue weighted by molar-refractivity contribution is 5.99. The molecule has 1 atom stereocenters. The first-order valence-electron chi connectivity index (χ1n) is 7.78. The van der Waals surface area contributed by atoms with Gasteiger partial charge in [0.25, 0.3) is 11.5 Å². The van der Waals surface area contributed by atoms with Gasteiger partial charge in [0, 0.05) is 19.1 Å². The quantitative estimate of drug-likeness (QED) is 0.520. The summed E-state index contributed by atoms with van der Waals surface area (Å²) in [7, 11) is 0. The number of hydrogen-bond acceptors (Lipinski definition) is 6. The lowest BCUT2D eigenvalue weighted by Gasteiger charge is -2.21. The standard InChI is InChI=1S/C15H21N3O5/c19-7-3-1-2-4-8-23-11-9-14(21)18(16-10-11)12-5-6-13(20)17-15(12)22/h9-10,12,19H,1-8H2,(H,17,20,22). The Labute approximate surface area is 133 Å². The molecule has 1 aliphatic rings. The molecule has 0 radical (unpaired) electrons. The monoisotopic (exact) mass is 323 g/mol. The van der Waals surface area contributed by atoms with E-state index in [2.05, 4.69) is 10.4 Å². The largest absolute Gasteiger partial charge is 0.492 e. The molecule has 1 aromatic heterocycles. The first-order chi connectivity index (χ1) is 11.1. The first kappa shape index (κ1) is 17.1. The predicted molar refractivity (Wildman–Crippen MR) is 81.0 cm³/mol. The Morgan fingerprint density at radius 1 is 1.26 bits per heavy atom. The molecule has 1 unspecified atom stereocenters. The van der Waals surface area contributed by atoms with Crippen LogP contribution in [0.5, 0.6) is 5.75 Å². The van der Waals surface area contributed by atoms with E-state index in [9.17, 15) is 14.4 Å². The van der Waals surface area contributed by atoms with Gasteiger partial charge in [-0.15, -0.1) is 0 Å². The van der Waals surface area contributed by atoms with Gasteiger partial charge in [-0.1, -0.05) is 6.42 Å². The highest BCUT2D eigenvalue weighted by Gasteiger charge is 2.29. The van der Waals surface area contributed by atoms with Crippen LogP contribution in [0.4, 0.5) is 0 Å². The number of carbonyl (C=O) groups excluding carboxylic acids is 2. The van der Waals surface area contributed by atoms with Crippen LogP contribution in [0.3, 0.4) is 0 Å². The van der Waals surface area contributed by atoms with Crippen molar-refractivity contribution in [3.63, 3.8) is 0 Å². The van der Waals surface area contributed by atoms with Gasteiger partial charge in [-0.05, 0) is 25.7 Å². The summed E-state index contributed by atoms with van der Waals surface area (Å²) in [6.45, 7) is 0.665. The summed E-state index contributed by atoms with van der Waals surface area (Å²) in [4.78, 5) is 35.0. The van der Waals surface area contributed by atoms with Crippen molar-refractivity contribution in [1.29, 1.82) is 0 Å². The molecule has 23 heavy (non-hydrogen) atoms. The Morgan fingerprint density at radius 2 is 2.04 bits per heavy atom. The van der Waals surface area contributed by atoms with E-state index in [-0.39, 0.29) is 25.4 Å². The zero-order chi connectivity index (χ0) is 16.7. The molecule has 8 heteroatoms. The lowest BCUT2D eigenvalue weighted by atomic mass is 10.1. The maximum atomic E-state index is 12.1. The molecule has 8 nitrogen and oxygen atoms in total. The normalized spacial score (nSPS) is 17.9. The van der Waals surface area contributed by atoms with Crippen molar-refractivity contribution in [3.8, 4) is 5.75 Å². The Bertz CT molecular complexity index is 613. The zero-order valence-corrected chi connectivity index (χ0v) is 12.9. The number of aliphatic hydroxyl groups is 1. The van der Waals surface area contributed by atoms with Gasteiger partial charge in [0.15, 0.2) is 0 Å². The number of aliphatic hydroxyl groups excluding tert-OH is 1. The molecule has 1 aliphatic heterocycles. The number of ether oxygens (including phenoxy) is 1. The number of imide groups is 1. The van der Waals surface area contributed by atoms with E-state index in [1.54, 1.807) is 0 Å². The summed E-state index contributed by atoms with van der Waals surface area (Å²) in [5.41, 5.74) is -0.433. The molecule has 0 saturated carbocycles. The summed E-state index contributed by atoms with van der Waals surface area (Å²) >= 11 is 0. The van der Waals surface area contributed by atoms with Gasteiger partial charge in [-0.2, -0.15) is 5.10 Å². The lowest BCUT2D eigenvalue weighted by Crippen LogP contribution is -2.45. The number of piperidine rings is 1. The van der Waals surface area contributed by atoms with E-state index in [0.29, 0.717) is 12.4 Å². The third-order valence-corrected chi connectivity index (χ3v) is 3.63. The van der Waals surface area contributed by atoms with E-state index in [1.165, 1.54) is 12.3 Å². The number of aromatic nitrogens is 2. The van der Waals surface area contributed by atoms with Crippen LogP contribution in [-0.2, 0) is 9.59 Å². The second-order valence-corrected chi connectivity index (χ2v) is 5.43. The Hall–Kier alpha value is -2.22. The van der Waals surface area contributed by atoms with E-state index >= 15 is 0 Å². The maximum absolute atomic E-state index is 12.1. The molecular weight excluding hydrogens is 302 g/mol. The van der Waals surface area contributed by atoms with Crippen molar-refractivity contribution in [2.75, 3.05) is 13.2 Å². The highest BCUT2D eigenvalue weighted by Crippen LogP contribution is 2.16. The zero-order valence-electron chi connectivity index (χ0n) is 12.9. The summed E-state index contributed by atoms with van der Waals surface area (Å²) in [6, 6.07) is 0.539. The van der Waals surface area contributed by atoms with Crippen molar-refractivity contribution in [3.05, 3.63) is 22.6 Å². The summed E-state index contributed by atoms with van der Waals surface area (Å²) in [5, 5.41) is 14.9. The fourth-order valence-electron chi connectivity index (χ4n) is 2.39. The average Bonchev–Trinajstić information content (AvgIpc) is 2.52. The van der Waals surface area contributed by atoms with Crippen molar-refractivity contribution < 1.29 is 19.4 Å². The molecule has 2 amide bonds. The summed E-state index contributed by atoms with van der Waals surface area (Å²) in [6.07, 6.45) is 5.36. The van der Waals surface area contributed by atoms with Crippen LogP contribution in [0.15, 0.2) is 17.1 Å². The minimum Gasteiger partial charge on any atom is -0.492 e. The topological polar surface area (TPSA) is 111 Å². The number of hydrogen-bond donors (Lipinski definition) is 2. The number of nitrogens with zero attached hydrogens (tertiary/aromatic N) is 2. The fraction of sp³-hybridized carbons (Fsp3) is 0.600. The number of nitrogens with one attached hydrogen (secondary N) is 1. The van der Waals surface area contributed by atoms with Crippen LogP contribution in [0.1, 0.15) is 44.6 Å². The first-order valence-corrected chi connectivity index (χ1v) is 7.78. The molecule has 2 N–H and O–H groups in total. The molecule has 0 bridgehead atoms. The number of amides is 2. The highest BCUT2D eigenvalue weighted by atomic mass is 16.5. The lowest BCUT2D eigenvalue weighted by molar-refractivity contribution is -0.136. The van der Waals surface area contributed by atoms with Gasteiger partial charge in [-0.25, -0.2) is 4.68 Å². The molecule has 126 valence electrons. The van der Waals surface area contributed by atoms with Crippen molar-refractivity contribution in [2.24, 2.45) is 0 Å². The van der Waals surface area contributed by atoms with Crippen LogP contribution >= 0.6 is 0 Å². The molecule has 0 aromatic carbocycles. The molecular formula is C15H21N3O5. The molecule has 0 aliphatic carbocycles. The summed E-state index contributed by atoms with van der Waals surface area (Å²) < 4.78 is 6.54. The predicted octanol–water partition coefficient (Wildman–Crippen LogP) is 0.152. The van der Waals surface area contributed by atoms with E-state index in [1.807, 2.05) is 0 Å². The van der Waals surface area contributed by atoms with Crippen molar-refractivity contribution in [2.45, 2.75) is 44.6 Å². The van der Waals surface area contributed by atoms with Crippen LogP contribution in [-0.4, -0.2) is 39.9 Å². The van der Waals surface area contributed by atoms with E-state index in [0.717, 1.165) is 30.4 Å². The van der Waals surface area contributed by atoms with Crippen LogP contribution in [0, 0.1) is 0 Å². The molecule has 2 heterocycles. The second kappa shape index (κ2) is 8.42. The average molecular weight is 323 g/mol. The number of carbonyl (C=O) groups is 2. The van der Waals surface area contributed by atoms with Gasteiger partial charge in [-0.3, -0.25) is 19.7 Å². The number of unbranched alkanes of at least 4 members (excludes halogenated alkanes) is 3. The van der Waals surface area contributed by atoms with Crippen molar-refractivity contribution in [1.82, 2.24) is 15.1 Å². The molecule has 1 aromatic rings. The SMILES string of the molecule is O=C1CCC(n2ncc(OCCCCCCO)cc2=O)C(=O)N1. The van der Waals surface area contributed by atoms with Gasteiger partial charge in [0.2, 0.25) is 5.91 Å². The molecule has 2 rings (SSSR count). The van der Waals surface area contributed by atoms with Gasteiger partial charge in [0.1, 0.15) is 11.8 Å². The number of rotatable bonds is 8. The van der Waals surface area contributed by atoms with Gasteiger partial charge < -0.3 is 9.84 Å². The van der Waals surface area contributed by atoms with Crippen molar-refractivity contribution >= 4 is 11.8 Å². The smallest absolute Gasteiger partial charge is 0.271 e. The Balaban J connectivity index is 1.89. The molecule has 0 spiro atoms. The Morgan fingerprint density at radius 3 is 2.74 bits per heavy atom. The minimum absolute atomic E-state index is 0.191. The molecule has 1 saturated heterocycles. The van der Waals surface area contributed by atoms with Crippen LogP contribution in [0.25, 0.3) is 0 Å². The van der Waals surface area contributed by atoms with E-state index < -0.39 is 17.5 Å². The third-order valence-electron chi connectivity index (χ3n) is 3.63. The van der Waals surface area contributed by atoms with E-state index in [4.69, 9.17) is 9.84 Å². The van der Waals surface area contributed by atoms with Gasteiger partial charge >= 0.3 is 0 Å². The third kappa shape index (κ3) is 4.88. The van der Waals surface area contributed by atoms with Crippen LogP contribution < -0.4 is 15.6 Å². The van der Waals surface area contributed by atoms with Crippen LogP contribution in [0.2, 0.25) is 0 Å². The summed E-state index contributed by atoms with van der Waals surface area (Å²) in [5.74, 6) is -0.477. The Kier molecular flexibility index (Phi) is 6.28. The minimum atomic E-state index is -0.757.